The normalized spacial score (nSPS) is 11.1. The first-order valence-corrected chi connectivity index (χ1v) is 10.5. The van der Waals surface area contributed by atoms with Gasteiger partial charge in [0.15, 0.2) is 11.5 Å². The first kappa shape index (κ1) is 21.3. The van der Waals surface area contributed by atoms with Gasteiger partial charge in [0, 0.05) is 11.1 Å². The first-order chi connectivity index (χ1) is 16.5. The molecule has 3 aromatic carbocycles. The van der Waals surface area contributed by atoms with Crippen LogP contribution in [0.15, 0.2) is 80.6 Å². The van der Waals surface area contributed by atoms with Gasteiger partial charge in [-0.25, -0.2) is 0 Å². The highest BCUT2D eigenvalue weighted by molar-refractivity contribution is 6.07. The summed E-state index contributed by atoms with van der Waals surface area (Å²) in [7, 11) is 3.06. The van der Waals surface area contributed by atoms with Crippen molar-refractivity contribution in [3.05, 3.63) is 82.7 Å². The number of carboxylic acid groups (broad SMARTS) is 1. The van der Waals surface area contributed by atoms with Crippen LogP contribution in [0.5, 0.6) is 11.5 Å². The summed E-state index contributed by atoms with van der Waals surface area (Å²) >= 11 is 0. The van der Waals surface area contributed by atoms with Crippen molar-refractivity contribution in [1.29, 1.82) is 0 Å². The number of hydrogen-bond acceptors (Lipinski definition) is 6. The van der Waals surface area contributed by atoms with E-state index in [9.17, 15) is 14.7 Å². The Bertz CT molecular complexity index is 1590. The molecule has 0 saturated carbocycles. The number of fused-ring (bicyclic) bond motifs is 3. The number of furan rings is 1. The lowest BCUT2D eigenvalue weighted by molar-refractivity contribution is -0.136. The minimum absolute atomic E-state index is 0.251. The van der Waals surface area contributed by atoms with Crippen LogP contribution < -0.4 is 14.9 Å². The van der Waals surface area contributed by atoms with Gasteiger partial charge in [-0.3, -0.25) is 9.59 Å². The van der Waals surface area contributed by atoms with Crippen LogP contribution in [-0.2, 0) is 11.2 Å². The van der Waals surface area contributed by atoms with Crippen LogP contribution in [0.4, 0.5) is 0 Å². The Hall–Kier alpha value is -4.52. The van der Waals surface area contributed by atoms with Gasteiger partial charge in [-0.15, -0.1) is 0 Å². The summed E-state index contributed by atoms with van der Waals surface area (Å²) < 4.78 is 22.6. The minimum Gasteiger partial charge on any atom is -0.493 e. The van der Waals surface area contributed by atoms with Gasteiger partial charge in [0.25, 0.3) is 0 Å². The van der Waals surface area contributed by atoms with Crippen LogP contribution in [-0.4, -0.2) is 25.3 Å². The van der Waals surface area contributed by atoms with Crippen molar-refractivity contribution in [3.8, 4) is 33.9 Å². The second-order valence-corrected chi connectivity index (χ2v) is 7.71. The lowest BCUT2D eigenvalue weighted by Crippen LogP contribution is -2.06. The molecule has 0 aliphatic heterocycles. The van der Waals surface area contributed by atoms with E-state index in [2.05, 4.69) is 0 Å². The van der Waals surface area contributed by atoms with Gasteiger partial charge >= 0.3 is 5.97 Å². The highest BCUT2D eigenvalue weighted by atomic mass is 16.5. The van der Waals surface area contributed by atoms with E-state index < -0.39 is 5.97 Å². The monoisotopic (exact) mass is 456 g/mol. The van der Waals surface area contributed by atoms with Crippen molar-refractivity contribution in [2.75, 3.05) is 14.2 Å². The molecule has 0 amide bonds. The number of carbonyl (C=O) groups is 1. The van der Waals surface area contributed by atoms with E-state index in [1.807, 2.05) is 30.3 Å². The van der Waals surface area contributed by atoms with E-state index in [1.54, 1.807) is 30.3 Å². The third-order valence-corrected chi connectivity index (χ3v) is 5.75. The molecule has 0 radical (unpaired) electrons. The molecular weight excluding hydrogens is 436 g/mol. The Morgan fingerprint density at radius 2 is 1.71 bits per heavy atom. The van der Waals surface area contributed by atoms with E-state index in [1.165, 1.54) is 20.5 Å². The first-order valence-electron chi connectivity index (χ1n) is 10.5. The molecule has 0 fully saturated rings. The van der Waals surface area contributed by atoms with Gasteiger partial charge in [-0.1, -0.05) is 36.4 Å². The van der Waals surface area contributed by atoms with Gasteiger partial charge in [0.1, 0.15) is 23.2 Å². The highest BCUT2D eigenvalue weighted by Crippen LogP contribution is 2.38. The summed E-state index contributed by atoms with van der Waals surface area (Å²) in [5.74, 6) is 0.461. The SMILES string of the molecule is COc1ccc(-c2coc3c(ccc4oc(-c5ccccc5)c(CC(=O)O)c43)c2=O)cc1OC. The Labute approximate surface area is 193 Å². The average Bonchev–Trinajstić information content (AvgIpc) is 3.22. The molecule has 0 atom stereocenters. The van der Waals surface area contributed by atoms with Gasteiger partial charge in [-0.05, 0) is 29.8 Å². The average molecular weight is 456 g/mol. The molecule has 34 heavy (non-hydrogen) atoms. The van der Waals surface area contributed by atoms with E-state index in [4.69, 9.17) is 18.3 Å². The smallest absolute Gasteiger partial charge is 0.307 e. The molecule has 5 rings (SSSR count). The number of hydrogen-bond donors (Lipinski definition) is 1. The van der Waals surface area contributed by atoms with Crippen molar-refractivity contribution < 1.29 is 28.2 Å². The molecule has 7 heteroatoms. The Morgan fingerprint density at radius 1 is 0.941 bits per heavy atom. The van der Waals surface area contributed by atoms with Gasteiger partial charge in [-0.2, -0.15) is 0 Å². The predicted octanol–water partition coefficient (Wildman–Crippen LogP) is 5.52. The number of benzene rings is 3. The molecule has 2 heterocycles. The molecule has 0 aliphatic rings. The molecule has 170 valence electrons. The van der Waals surface area contributed by atoms with Crippen LogP contribution in [0.25, 0.3) is 44.4 Å². The van der Waals surface area contributed by atoms with Crippen LogP contribution in [0.2, 0.25) is 0 Å². The fourth-order valence-electron chi connectivity index (χ4n) is 4.18. The maximum Gasteiger partial charge on any atom is 0.307 e. The molecule has 2 aromatic heterocycles. The van der Waals surface area contributed by atoms with Crippen molar-refractivity contribution in [3.63, 3.8) is 0 Å². The van der Waals surface area contributed by atoms with Crippen molar-refractivity contribution in [2.24, 2.45) is 0 Å². The molecule has 7 nitrogen and oxygen atoms in total. The summed E-state index contributed by atoms with van der Waals surface area (Å²) in [6.45, 7) is 0. The molecule has 5 aromatic rings. The minimum atomic E-state index is -1.01. The molecule has 0 saturated heterocycles. The molecule has 0 aliphatic carbocycles. The molecule has 0 unspecified atom stereocenters. The summed E-state index contributed by atoms with van der Waals surface area (Å²) in [6, 6.07) is 17.7. The maximum atomic E-state index is 13.5. The second-order valence-electron chi connectivity index (χ2n) is 7.71. The molecule has 0 spiro atoms. The number of ether oxygens (including phenoxy) is 2. The summed E-state index contributed by atoms with van der Waals surface area (Å²) in [4.78, 5) is 25.2. The largest absolute Gasteiger partial charge is 0.493 e. The van der Waals surface area contributed by atoms with Crippen LogP contribution >= 0.6 is 0 Å². The quantitative estimate of drug-likeness (QED) is 0.359. The lowest BCUT2D eigenvalue weighted by Gasteiger charge is -2.10. The number of rotatable bonds is 6. The zero-order valence-corrected chi connectivity index (χ0v) is 18.5. The number of methoxy groups -OCH3 is 2. The van der Waals surface area contributed by atoms with Crippen molar-refractivity contribution >= 4 is 27.9 Å². The van der Waals surface area contributed by atoms with E-state index in [-0.39, 0.29) is 17.4 Å². The van der Waals surface area contributed by atoms with Crippen molar-refractivity contribution in [2.45, 2.75) is 6.42 Å². The third kappa shape index (κ3) is 3.47. The van der Waals surface area contributed by atoms with E-state index >= 15 is 0 Å². The fourth-order valence-corrected chi connectivity index (χ4v) is 4.18. The van der Waals surface area contributed by atoms with Crippen LogP contribution in [0, 0.1) is 0 Å². The van der Waals surface area contributed by atoms with Crippen LogP contribution in [0.1, 0.15) is 5.56 Å². The number of carboxylic acids is 1. The van der Waals surface area contributed by atoms with E-state index in [0.29, 0.717) is 50.3 Å². The Kier molecular flexibility index (Phi) is 5.30. The molecule has 0 bridgehead atoms. The lowest BCUT2D eigenvalue weighted by atomic mass is 10.00. The van der Waals surface area contributed by atoms with Crippen molar-refractivity contribution in [1.82, 2.24) is 0 Å². The van der Waals surface area contributed by atoms with Crippen LogP contribution in [0.3, 0.4) is 0 Å². The maximum absolute atomic E-state index is 13.5. The summed E-state index contributed by atoms with van der Waals surface area (Å²) in [5, 5.41) is 10.4. The zero-order chi connectivity index (χ0) is 23.8. The number of aliphatic carboxylic acids is 1. The van der Waals surface area contributed by atoms with Gasteiger partial charge in [0.05, 0.1) is 37.0 Å². The summed E-state index contributed by atoms with van der Waals surface area (Å²) in [5.41, 5.74) is 2.64. The topological polar surface area (TPSA) is 99.1 Å². The summed E-state index contributed by atoms with van der Waals surface area (Å²) in [6.07, 6.45) is 1.10. The predicted molar refractivity (Wildman–Crippen MR) is 128 cm³/mol. The van der Waals surface area contributed by atoms with Gasteiger partial charge < -0.3 is 23.4 Å². The Morgan fingerprint density at radius 3 is 2.41 bits per heavy atom. The fraction of sp³-hybridized carbons (Fsp3) is 0.111. The third-order valence-electron chi connectivity index (χ3n) is 5.75. The molecule has 1 N–H and O–H groups in total. The van der Waals surface area contributed by atoms with E-state index in [0.717, 1.165) is 5.56 Å². The molecular formula is C27H20O7. The highest BCUT2D eigenvalue weighted by Gasteiger charge is 2.23. The Balaban J connectivity index is 1.76. The second kappa shape index (κ2) is 8.44. The zero-order valence-electron chi connectivity index (χ0n) is 18.5. The standard InChI is InChI=1S/C27H20O7/c1-31-20-10-8-16(12-22(20)32-2)19-14-33-27-17(25(19)30)9-11-21-24(27)18(13-23(28)29)26(34-21)15-6-4-3-5-7-15/h3-12,14H,13H2,1-2H3,(H,28,29). The van der Waals surface area contributed by atoms with Gasteiger partial charge in [0.2, 0.25) is 5.43 Å².